The van der Waals surface area contributed by atoms with E-state index in [4.69, 9.17) is 4.52 Å². The summed E-state index contributed by atoms with van der Waals surface area (Å²) in [6.07, 6.45) is 1.55. The Hall–Kier alpha value is -1.90. The average Bonchev–Trinajstić information content (AvgIpc) is 2.79. The van der Waals surface area contributed by atoms with Crippen molar-refractivity contribution in [2.45, 2.75) is 19.3 Å². The van der Waals surface area contributed by atoms with Crippen molar-refractivity contribution < 1.29 is 4.52 Å². The summed E-state index contributed by atoms with van der Waals surface area (Å²) in [5.74, 6) is 1.13. The van der Waals surface area contributed by atoms with Gasteiger partial charge < -0.3 is 4.52 Å². The van der Waals surface area contributed by atoms with Crippen molar-refractivity contribution in [2.75, 3.05) is 0 Å². The fraction of sp³-hybridized carbons (Fsp3) is 0.231. The second-order valence-corrected chi connectivity index (χ2v) is 4.15. The predicted molar refractivity (Wildman–Crippen MR) is 63.0 cm³/mol. The molecule has 0 radical (unpaired) electrons. The van der Waals surface area contributed by atoms with E-state index in [-0.39, 0.29) is 5.41 Å². The third-order valence-corrected chi connectivity index (χ3v) is 2.67. The van der Waals surface area contributed by atoms with E-state index in [2.05, 4.69) is 42.7 Å². The smallest absolute Gasteiger partial charge is 0.250 e. The van der Waals surface area contributed by atoms with Crippen LogP contribution in [-0.2, 0) is 5.41 Å². The monoisotopic (exact) mass is 214 g/mol. The molecule has 0 fully saturated rings. The molecule has 1 aromatic carbocycles. The van der Waals surface area contributed by atoms with Crippen LogP contribution in [0.2, 0.25) is 0 Å². The van der Waals surface area contributed by atoms with Crippen molar-refractivity contribution in [1.82, 2.24) is 10.1 Å². The highest BCUT2D eigenvalue weighted by Crippen LogP contribution is 2.28. The summed E-state index contributed by atoms with van der Waals surface area (Å²) in [5.41, 5.74) is 0.901. The quantitative estimate of drug-likeness (QED) is 0.788. The third-order valence-electron chi connectivity index (χ3n) is 2.67. The minimum atomic E-state index is -0.258. The molecule has 82 valence electrons. The molecule has 0 unspecified atom stereocenters. The Bertz CT molecular complexity index is 486. The topological polar surface area (TPSA) is 38.9 Å². The Morgan fingerprint density at radius 3 is 2.50 bits per heavy atom. The second kappa shape index (κ2) is 3.93. The first-order chi connectivity index (χ1) is 7.64. The van der Waals surface area contributed by atoms with E-state index in [1.165, 1.54) is 0 Å². The summed E-state index contributed by atoms with van der Waals surface area (Å²) in [6, 6.07) is 10.1. The third kappa shape index (κ3) is 1.76. The van der Waals surface area contributed by atoms with Gasteiger partial charge in [-0.3, -0.25) is 0 Å². The lowest BCUT2D eigenvalue weighted by atomic mass is 9.84. The Labute approximate surface area is 94.8 Å². The highest BCUT2D eigenvalue weighted by atomic mass is 16.5. The number of benzene rings is 1. The van der Waals surface area contributed by atoms with Crippen LogP contribution in [0.15, 0.2) is 41.4 Å². The van der Waals surface area contributed by atoms with E-state index < -0.39 is 0 Å². The van der Waals surface area contributed by atoms with Gasteiger partial charge in [-0.05, 0) is 25.5 Å². The summed E-state index contributed by atoms with van der Waals surface area (Å²) < 4.78 is 5.04. The maximum absolute atomic E-state index is 5.04. The molecule has 3 nitrogen and oxygen atoms in total. The van der Waals surface area contributed by atoms with Crippen LogP contribution < -0.4 is 0 Å². The van der Waals surface area contributed by atoms with E-state index in [1.54, 1.807) is 6.08 Å². The molecule has 0 aliphatic heterocycles. The van der Waals surface area contributed by atoms with Crippen LogP contribution in [0.4, 0.5) is 0 Å². The second-order valence-electron chi connectivity index (χ2n) is 4.15. The highest BCUT2D eigenvalue weighted by molar-refractivity contribution is 5.35. The Morgan fingerprint density at radius 2 is 1.94 bits per heavy atom. The number of hydrogen-bond acceptors (Lipinski definition) is 3. The minimum Gasteiger partial charge on any atom is -0.335 e. The van der Waals surface area contributed by atoms with Crippen molar-refractivity contribution in [2.24, 2.45) is 0 Å². The van der Waals surface area contributed by atoms with Gasteiger partial charge in [-0.25, -0.2) is 0 Å². The number of rotatable bonds is 3. The zero-order valence-corrected chi connectivity index (χ0v) is 9.47. The molecular formula is C13H14N2O. The molecule has 3 heteroatoms. The first kappa shape index (κ1) is 10.6. The SMILES string of the molecule is C=Cc1nc(C(C)(C)c2ccccc2)no1. The van der Waals surface area contributed by atoms with Crippen LogP contribution in [0.25, 0.3) is 6.08 Å². The summed E-state index contributed by atoms with van der Waals surface area (Å²) in [7, 11) is 0. The molecule has 0 bridgehead atoms. The van der Waals surface area contributed by atoms with Crippen LogP contribution in [0, 0.1) is 0 Å². The van der Waals surface area contributed by atoms with Crippen LogP contribution in [0.3, 0.4) is 0 Å². The van der Waals surface area contributed by atoms with Crippen LogP contribution in [0.1, 0.15) is 31.1 Å². The Kier molecular flexibility index (Phi) is 2.60. The molecule has 0 amide bonds. The normalized spacial score (nSPS) is 11.4. The van der Waals surface area contributed by atoms with Crippen molar-refractivity contribution in [1.29, 1.82) is 0 Å². The molecular weight excluding hydrogens is 200 g/mol. The van der Waals surface area contributed by atoms with Crippen molar-refractivity contribution in [3.05, 3.63) is 54.2 Å². The zero-order valence-electron chi connectivity index (χ0n) is 9.47. The standard InChI is InChI=1S/C13H14N2O/c1-4-11-14-12(15-16-11)13(2,3)10-8-6-5-7-9-10/h4-9H,1H2,2-3H3. The van der Waals surface area contributed by atoms with Gasteiger partial charge in [0.05, 0.1) is 5.41 Å². The zero-order chi connectivity index (χ0) is 11.6. The molecule has 0 spiro atoms. The molecule has 1 heterocycles. The fourth-order valence-corrected chi connectivity index (χ4v) is 1.56. The molecule has 0 aliphatic rings. The largest absolute Gasteiger partial charge is 0.335 e. The van der Waals surface area contributed by atoms with E-state index in [1.807, 2.05) is 18.2 Å². The Morgan fingerprint density at radius 1 is 1.25 bits per heavy atom. The van der Waals surface area contributed by atoms with Crippen molar-refractivity contribution in [3.8, 4) is 0 Å². The summed E-state index contributed by atoms with van der Waals surface area (Å²) in [4.78, 5) is 4.28. The van der Waals surface area contributed by atoms with E-state index in [0.29, 0.717) is 11.7 Å². The fourth-order valence-electron chi connectivity index (χ4n) is 1.56. The van der Waals surface area contributed by atoms with Gasteiger partial charge in [-0.15, -0.1) is 0 Å². The number of aromatic nitrogens is 2. The highest BCUT2D eigenvalue weighted by Gasteiger charge is 2.28. The molecule has 0 saturated carbocycles. The van der Waals surface area contributed by atoms with Gasteiger partial charge in [0.2, 0.25) is 5.89 Å². The first-order valence-electron chi connectivity index (χ1n) is 5.17. The van der Waals surface area contributed by atoms with Gasteiger partial charge in [-0.2, -0.15) is 4.98 Å². The summed E-state index contributed by atoms with van der Waals surface area (Å²) in [6.45, 7) is 7.74. The molecule has 16 heavy (non-hydrogen) atoms. The summed E-state index contributed by atoms with van der Waals surface area (Å²) in [5, 5.41) is 3.98. The predicted octanol–water partition coefficient (Wildman–Crippen LogP) is 3.04. The molecule has 2 rings (SSSR count). The molecule has 0 saturated heterocycles. The van der Waals surface area contributed by atoms with Gasteiger partial charge in [0.1, 0.15) is 0 Å². The van der Waals surface area contributed by atoms with Gasteiger partial charge in [0, 0.05) is 0 Å². The van der Waals surface area contributed by atoms with Crippen LogP contribution in [-0.4, -0.2) is 10.1 Å². The Balaban J connectivity index is 2.42. The minimum absolute atomic E-state index is 0.258. The molecule has 0 atom stereocenters. The van der Waals surface area contributed by atoms with Gasteiger partial charge in [-0.1, -0.05) is 42.1 Å². The molecule has 1 aromatic heterocycles. The lowest BCUT2D eigenvalue weighted by molar-refractivity contribution is 0.392. The van der Waals surface area contributed by atoms with Crippen LogP contribution in [0.5, 0.6) is 0 Å². The first-order valence-corrected chi connectivity index (χ1v) is 5.17. The lowest BCUT2D eigenvalue weighted by Crippen LogP contribution is -2.20. The maximum Gasteiger partial charge on any atom is 0.250 e. The van der Waals surface area contributed by atoms with E-state index in [0.717, 1.165) is 5.56 Å². The van der Waals surface area contributed by atoms with Crippen molar-refractivity contribution in [3.63, 3.8) is 0 Å². The maximum atomic E-state index is 5.04. The van der Waals surface area contributed by atoms with Gasteiger partial charge in [0.15, 0.2) is 5.82 Å². The number of nitrogens with zero attached hydrogens (tertiary/aromatic N) is 2. The molecule has 0 aliphatic carbocycles. The molecule has 2 aromatic rings. The van der Waals surface area contributed by atoms with E-state index in [9.17, 15) is 0 Å². The van der Waals surface area contributed by atoms with E-state index >= 15 is 0 Å². The van der Waals surface area contributed by atoms with Crippen LogP contribution >= 0.6 is 0 Å². The van der Waals surface area contributed by atoms with Crippen molar-refractivity contribution >= 4 is 6.08 Å². The average molecular weight is 214 g/mol. The van der Waals surface area contributed by atoms with Gasteiger partial charge >= 0.3 is 0 Å². The summed E-state index contributed by atoms with van der Waals surface area (Å²) >= 11 is 0. The number of hydrogen-bond donors (Lipinski definition) is 0. The lowest BCUT2D eigenvalue weighted by Gasteiger charge is -2.20. The molecule has 0 N–H and O–H groups in total. The van der Waals surface area contributed by atoms with Gasteiger partial charge in [0.25, 0.3) is 0 Å².